The summed E-state index contributed by atoms with van der Waals surface area (Å²) in [7, 11) is -1.33. The summed E-state index contributed by atoms with van der Waals surface area (Å²) in [6.07, 6.45) is 0. The minimum Gasteiger partial charge on any atom is -0.456 e. The fourth-order valence-corrected chi connectivity index (χ4v) is 5.99. The average Bonchev–Trinajstić information content (AvgIpc) is 3.26. The minimum absolute atomic E-state index is 0.930. The van der Waals surface area contributed by atoms with Gasteiger partial charge < -0.3 is 4.42 Å². The molecule has 0 unspecified atom stereocenters. The van der Waals surface area contributed by atoms with Crippen LogP contribution in [0.25, 0.3) is 55.3 Å². The van der Waals surface area contributed by atoms with Crippen molar-refractivity contribution in [3.8, 4) is 33.4 Å². The SMILES string of the molecule is C[Si](C)(C)c1cccc(-c2ccc(-c3cccc(-c4ccc5oc6ccccc6c5c4)c3)cc2)c1. The Bertz CT molecular complexity index is 1670. The molecule has 0 saturated carbocycles. The summed E-state index contributed by atoms with van der Waals surface area (Å²) in [5.41, 5.74) is 9.29. The highest BCUT2D eigenvalue weighted by Crippen LogP contribution is 2.34. The van der Waals surface area contributed by atoms with Crippen LogP contribution in [-0.2, 0) is 0 Å². The van der Waals surface area contributed by atoms with Gasteiger partial charge in [0, 0.05) is 10.8 Å². The molecule has 1 nitrogen and oxygen atoms in total. The van der Waals surface area contributed by atoms with E-state index in [1.807, 2.05) is 12.1 Å². The maximum atomic E-state index is 6.01. The van der Waals surface area contributed by atoms with Gasteiger partial charge in [0.25, 0.3) is 0 Å². The van der Waals surface area contributed by atoms with Gasteiger partial charge in [0.15, 0.2) is 0 Å². The lowest BCUT2D eigenvalue weighted by Crippen LogP contribution is -2.37. The third-order valence-corrected chi connectivity index (χ3v) is 8.90. The molecule has 0 aliphatic carbocycles. The lowest BCUT2D eigenvalue weighted by atomic mass is 9.96. The molecule has 0 N–H and O–H groups in total. The van der Waals surface area contributed by atoms with Crippen molar-refractivity contribution in [1.82, 2.24) is 0 Å². The molecule has 6 aromatic rings. The van der Waals surface area contributed by atoms with Gasteiger partial charge in [0.1, 0.15) is 11.2 Å². The van der Waals surface area contributed by atoms with Crippen LogP contribution in [0.15, 0.2) is 120 Å². The molecule has 0 bridgehead atoms. The van der Waals surface area contributed by atoms with Gasteiger partial charge in [-0.05, 0) is 57.6 Å². The maximum Gasteiger partial charge on any atom is 0.135 e. The number of para-hydroxylation sites is 1. The number of fused-ring (bicyclic) bond motifs is 3. The van der Waals surface area contributed by atoms with Crippen LogP contribution in [0.4, 0.5) is 0 Å². The Morgan fingerprint density at radius 2 is 0.971 bits per heavy atom. The van der Waals surface area contributed by atoms with E-state index in [4.69, 9.17) is 4.42 Å². The van der Waals surface area contributed by atoms with Gasteiger partial charge >= 0.3 is 0 Å². The van der Waals surface area contributed by atoms with E-state index in [9.17, 15) is 0 Å². The lowest BCUT2D eigenvalue weighted by Gasteiger charge is -2.17. The fraction of sp³-hybridized carbons (Fsp3) is 0.0909. The predicted molar refractivity (Wildman–Crippen MR) is 153 cm³/mol. The van der Waals surface area contributed by atoms with E-state index >= 15 is 0 Å². The largest absolute Gasteiger partial charge is 0.456 e. The molecule has 0 radical (unpaired) electrons. The molecule has 5 aromatic carbocycles. The van der Waals surface area contributed by atoms with Crippen molar-refractivity contribution >= 4 is 35.2 Å². The lowest BCUT2D eigenvalue weighted by molar-refractivity contribution is 0.669. The van der Waals surface area contributed by atoms with Crippen LogP contribution >= 0.6 is 0 Å². The second-order valence-corrected chi connectivity index (χ2v) is 15.4. The third kappa shape index (κ3) is 4.11. The van der Waals surface area contributed by atoms with Gasteiger partial charge in [0.05, 0.1) is 8.07 Å². The molecule has 0 fully saturated rings. The van der Waals surface area contributed by atoms with E-state index in [2.05, 4.69) is 123 Å². The topological polar surface area (TPSA) is 13.1 Å². The Labute approximate surface area is 207 Å². The summed E-state index contributed by atoms with van der Waals surface area (Å²) >= 11 is 0. The number of rotatable bonds is 4. The zero-order valence-corrected chi connectivity index (χ0v) is 21.4. The monoisotopic (exact) mass is 468 g/mol. The molecule has 0 amide bonds. The van der Waals surface area contributed by atoms with Crippen LogP contribution in [0.2, 0.25) is 19.6 Å². The van der Waals surface area contributed by atoms with Gasteiger partial charge in [-0.1, -0.05) is 116 Å². The van der Waals surface area contributed by atoms with E-state index in [0.717, 1.165) is 21.9 Å². The van der Waals surface area contributed by atoms with Crippen molar-refractivity contribution in [2.24, 2.45) is 0 Å². The molecule has 6 rings (SSSR count). The molecule has 0 aliphatic rings. The number of hydrogen-bond donors (Lipinski definition) is 0. The number of hydrogen-bond acceptors (Lipinski definition) is 1. The van der Waals surface area contributed by atoms with Gasteiger partial charge in [-0.15, -0.1) is 0 Å². The standard InChI is InChI=1S/C33H28OSi/c1-35(2,3)29-11-7-10-27(21-29)24-16-14-23(15-17-24)25-8-6-9-26(20-25)28-18-19-33-31(22-28)30-12-4-5-13-32(30)34-33/h4-22H,1-3H3. The van der Waals surface area contributed by atoms with Crippen LogP contribution in [0, 0.1) is 0 Å². The zero-order valence-electron chi connectivity index (χ0n) is 20.4. The molecule has 0 atom stereocenters. The molecule has 1 aromatic heterocycles. The van der Waals surface area contributed by atoms with Crippen molar-refractivity contribution in [1.29, 1.82) is 0 Å². The Balaban J connectivity index is 1.34. The Morgan fingerprint density at radius 1 is 0.429 bits per heavy atom. The van der Waals surface area contributed by atoms with Crippen molar-refractivity contribution in [3.63, 3.8) is 0 Å². The van der Waals surface area contributed by atoms with Crippen LogP contribution in [0.3, 0.4) is 0 Å². The first-order valence-corrected chi connectivity index (χ1v) is 15.7. The van der Waals surface area contributed by atoms with Gasteiger partial charge in [0.2, 0.25) is 0 Å². The van der Waals surface area contributed by atoms with Crippen LogP contribution in [-0.4, -0.2) is 8.07 Å². The first-order chi connectivity index (χ1) is 17.0. The highest BCUT2D eigenvalue weighted by Gasteiger charge is 2.16. The van der Waals surface area contributed by atoms with Crippen molar-refractivity contribution in [3.05, 3.63) is 115 Å². The van der Waals surface area contributed by atoms with E-state index in [-0.39, 0.29) is 0 Å². The smallest absolute Gasteiger partial charge is 0.135 e. The second kappa shape index (κ2) is 8.40. The quantitative estimate of drug-likeness (QED) is 0.235. The van der Waals surface area contributed by atoms with E-state index in [1.165, 1.54) is 38.6 Å². The molecule has 35 heavy (non-hydrogen) atoms. The Morgan fingerprint density at radius 3 is 1.69 bits per heavy atom. The molecule has 2 heteroatoms. The summed E-state index contributed by atoms with van der Waals surface area (Å²) in [5.74, 6) is 0. The highest BCUT2D eigenvalue weighted by atomic mass is 28.3. The van der Waals surface area contributed by atoms with E-state index < -0.39 is 8.07 Å². The minimum atomic E-state index is -1.33. The molecular weight excluding hydrogens is 440 g/mol. The van der Waals surface area contributed by atoms with Gasteiger partial charge in [-0.25, -0.2) is 0 Å². The van der Waals surface area contributed by atoms with Crippen LogP contribution in [0.5, 0.6) is 0 Å². The van der Waals surface area contributed by atoms with Gasteiger partial charge in [-0.2, -0.15) is 0 Å². The molecule has 0 aliphatic heterocycles. The Hall–Kier alpha value is -3.88. The predicted octanol–water partition coefficient (Wildman–Crippen LogP) is 9.13. The summed E-state index contributed by atoms with van der Waals surface area (Å²) in [4.78, 5) is 0. The third-order valence-electron chi connectivity index (χ3n) is 6.85. The van der Waals surface area contributed by atoms with Gasteiger partial charge in [-0.3, -0.25) is 0 Å². The summed E-state index contributed by atoms with van der Waals surface area (Å²) in [6.45, 7) is 7.19. The number of benzene rings is 5. The van der Waals surface area contributed by atoms with Crippen LogP contribution in [0.1, 0.15) is 0 Å². The van der Waals surface area contributed by atoms with Crippen LogP contribution < -0.4 is 5.19 Å². The van der Waals surface area contributed by atoms with Crippen molar-refractivity contribution in [2.45, 2.75) is 19.6 Å². The summed E-state index contributed by atoms with van der Waals surface area (Å²) in [5, 5.41) is 3.82. The average molecular weight is 469 g/mol. The first-order valence-electron chi connectivity index (χ1n) is 12.2. The van der Waals surface area contributed by atoms with Crippen molar-refractivity contribution in [2.75, 3.05) is 0 Å². The zero-order chi connectivity index (χ0) is 24.0. The molecule has 0 saturated heterocycles. The summed E-state index contributed by atoms with van der Waals surface area (Å²) in [6, 6.07) is 41.5. The molecule has 0 spiro atoms. The second-order valence-electron chi connectivity index (χ2n) is 10.3. The molecule has 170 valence electrons. The Kier molecular flexibility index (Phi) is 5.20. The normalized spacial score (nSPS) is 11.9. The molecule has 1 heterocycles. The molecular formula is C33H28OSi. The first kappa shape index (κ1) is 21.6. The van der Waals surface area contributed by atoms with E-state index in [0.29, 0.717) is 0 Å². The summed E-state index contributed by atoms with van der Waals surface area (Å²) < 4.78 is 6.01. The fourth-order valence-electron chi connectivity index (χ4n) is 4.80. The highest BCUT2D eigenvalue weighted by molar-refractivity contribution is 6.88. The maximum absolute atomic E-state index is 6.01. The van der Waals surface area contributed by atoms with Crippen molar-refractivity contribution < 1.29 is 4.42 Å². The number of furan rings is 1. The van der Waals surface area contributed by atoms with E-state index in [1.54, 1.807) is 0 Å².